The lowest BCUT2D eigenvalue weighted by Gasteiger charge is -2.33. The summed E-state index contributed by atoms with van der Waals surface area (Å²) in [4.78, 5) is 27.8. The second-order valence-corrected chi connectivity index (χ2v) is 13.6. The van der Waals surface area contributed by atoms with Gasteiger partial charge in [-0.15, -0.1) is 0 Å². The first-order chi connectivity index (χ1) is 19.9. The number of fused-ring (bicyclic) bond motifs is 1. The van der Waals surface area contributed by atoms with Gasteiger partial charge in [0, 0.05) is 36.8 Å². The highest BCUT2D eigenvalue weighted by molar-refractivity contribution is 7.89. The Labute approximate surface area is 247 Å². The summed E-state index contributed by atoms with van der Waals surface area (Å²) in [6.07, 6.45) is 4.65. The average molecular weight is 606 g/mol. The maximum atomic E-state index is 13.5. The molecular weight excluding hydrogens is 562 g/mol. The second-order valence-electron chi connectivity index (χ2n) is 11.6. The Morgan fingerprint density at radius 3 is 2.60 bits per heavy atom. The lowest BCUT2D eigenvalue weighted by Crippen LogP contribution is -2.48. The number of benzene rings is 1. The molecule has 1 aliphatic heterocycles. The summed E-state index contributed by atoms with van der Waals surface area (Å²) < 4.78 is 39.7. The van der Waals surface area contributed by atoms with Crippen molar-refractivity contribution in [1.29, 1.82) is 0 Å². The number of amides is 3. The molecule has 42 heavy (non-hydrogen) atoms. The number of carbonyl (C=O) groups excluding carboxylic acids is 2. The number of aliphatic hydroxyl groups is 1. The summed E-state index contributed by atoms with van der Waals surface area (Å²) in [6.45, 7) is 6.81. The van der Waals surface area contributed by atoms with Crippen LogP contribution in [0.2, 0.25) is 0 Å². The molecular formula is C29H43N5O7S. The molecule has 0 bridgehead atoms. The van der Waals surface area contributed by atoms with E-state index in [4.69, 9.17) is 9.26 Å². The van der Waals surface area contributed by atoms with Crippen molar-refractivity contribution in [3.8, 4) is 5.75 Å². The fourth-order valence-corrected chi connectivity index (χ4v) is 7.14. The lowest BCUT2D eigenvalue weighted by molar-refractivity contribution is -0.134. The summed E-state index contributed by atoms with van der Waals surface area (Å²) in [7, 11) is -2.47. The number of hydrogen-bond acceptors (Lipinski definition) is 8. The Kier molecular flexibility index (Phi) is 10.2. The van der Waals surface area contributed by atoms with Crippen LogP contribution in [0.4, 0.5) is 10.5 Å². The molecule has 0 unspecified atom stereocenters. The zero-order valence-corrected chi connectivity index (χ0v) is 25.9. The SMILES string of the molecule is Cc1noc(C)c1S(=O)(=O)N(C)C[C@H]1Oc2ccc(NC(=O)NC3CCCCC3)cc2CC(=O)N([C@@H](C)CO)C[C@@H]1C. The topological polar surface area (TPSA) is 154 Å². The van der Waals surface area contributed by atoms with Crippen molar-refractivity contribution in [2.24, 2.45) is 5.92 Å². The summed E-state index contributed by atoms with van der Waals surface area (Å²) in [5.74, 6) is 0.138. The number of ether oxygens (including phenoxy) is 1. The van der Waals surface area contributed by atoms with Gasteiger partial charge in [-0.05, 0) is 51.8 Å². The predicted octanol–water partition coefficient (Wildman–Crippen LogP) is 3.22. The van der Waals surface area contributed by atoms with Crippen LogP contribution in [0.5, 0.6) is 5.75 Å². The van der Waals surface area contributed by atoms with E-state index in [1.54, 1.807) is 43.9 Å². The normalized spacial score (nSPS) is 21.1. The second kappa shape index (κ2) is 13.4. The molecule has 2 aromatic rings. The minimum Gasteiger partial charge on any atom is -0.488 e. The van der Waals surface area contributed by atoms with Crippen LogP contribution >= 0.6 is 0 Å². The van der Waals surface area contributed by atoms with Gasteiger partial charge in [-0.2, -0.15) is 4.31 Å². The first-order valence-electron chi connectivity index (χ1n) is 14.6. The lowest BCUT2D eigenvalue weighted by atomic mass is 9.96. The summed E-state index contributed by atoms with van der Waals surface area (Å²) in [5, 5.41) is 19.6. The molecule has 1 fully saturated rings. The number of carbonyl (C=O) groups is 2. The first-order valence-corrected chi connectivity index (χ1v) is 16.0. The highest BCUT2D eigenvalue weighted by Gasteiger charge is 2.35. The number of nitrogens with one attached hydrogen (secondary N) is 2. The van der Waals surface area contributed by atoms with E-state index in [0.29, 0.717) is 17.0 Å². The van der Waals surface area contributed by atoms with E-state index in [9.17, 15) is 23.1 Å². The van der Waals surface area contributed by atoms with Gasteiger partial charge in [0.1, 0.15) is 22.4 Å². The van der Waals surface area contributed by atoms with Gasteiger partial charge in [-0.1, -0.05) is 31.3 Å². The number of aromatic nitrogens is 1. The highest BCUT2D eigenvalue weighted by atomic mass is 32.2. The largest absolute Gasteiger partial charge is 0.488 e. The molecule has 0 spiro atoms. The van der Waals surface area contributed by atoms with Gasteiger partial charge in [-0.25, -0.2) is 13.2 Å². The van der Waals surface area contributed by atoms with Crippen molar-refractivity contribution in [3.63, 3.8) is 0 Å². The van der Waals surface area contributed by atoms with Crippen LogP contribution in [0.3, 0.4) is 0 Å². The van der Waals surface area contributed by atoms with Gasteiger partial charge in [0.2, 0.25) is 15.9 Å². The van der Waals surface area contributed by atoms with Crippen LogP contribution in [0.25, 0.3) is 0 Å². The third-order valence-corrected chi connectivity index (χ3v) is 10.3. The molecule has 2 aliphatic rings. The van der Waals surface area contributed by atoms with Gasteiger partial charge in [0.05, 0.1) is 25.6 Å². The number of hydrogen-bond donors (Lipinski definition) is 3. The third kappa shape index (κ3) is 7.24. The molecule has 12 nitrogen and oxygen atoms in total. The van der Waals surface area contributed by atoms with Crippen molar-refractivity contribution in [2.45, 2.75) is 89.3 Å². The van der Waals surface area contributed by atoms with Crippen LogP contribution in [-0.2, 0) is 21.2 Å². The molecule has 3 N–H and O–H groups in total. The van der Waals surface area contributed by atoms with Gasteiger partial charge in [-0.3, -0.25) is 4.79 Å². The first kappa shape index (κ1) is 31.8. The number of aliphatic hydroxyl groups excluding tert-OH is 1. The Morgan fingerprint density at radius 1 is 1.24 bits per heavy atom. The monoisotopic (exact) mass is 605 g/mol. The Morgan fingerprint density at radius 2 is 1.95 bits per heavy atom. The Balaban J connectivity index is 1.61. The van der Waals surface area contributed by atoms with E-state index >= 15 is 0 Å². The maximum Gasteiger partial charge on any atom is 0.319 e. The van der Waals surface area contributed by atoms with Crippen molar-refractivity contribution in [2.75, 3.05) is 32.1 Å². The molecule has 1 aliphatic carbocycles. The van der Waals surface area contributed by atoms with Crippen molar-refractivity contribution >= 4 is 27.6 Å². The smallest absolute Gasteiger partial charge is 0.319 e. The van der Waals surface area contributed by atoms with E-state index in [-0.39, 0.29) is 66.4 Å². The fraction of sp³-hybridized carbons (Fsp3) is 0.621. The van der Waals surface area contributed by atoms with Crippen LogP contribution < -0.4 is 15.4 Å². The molecule has 0 radical (unpaired) electrons. The minimum atomic E-state index is -3.94. The number of sulfonamides is 1. The van der Waals surface area contributed by atoms with Crippen LogP contribution in [0, 0.1) is 19.8 Å². The van der Waals surface area contributed by atoms with Crippen LogP contribution in [-0.4, -0.2) is 84.8 Å². The molecule has 0 saturated heterocycles. The summed E-state index contributed by atoms with van der Waals surface area (Å²) >= 11 is 0. The molecule has 3 atom stereocenters. The quantitative estimate of drug-likeness (QED) is 0.415. The van der Waals surface area contributed by atoms with E-state index in [1.165, 1.54) is 17.8 Å². The maximum absolute atomic E-state index is 13.5. The van der Waals surface area contributed by atoms with Crippen molar-refractivity contribution in [1.82, 2.24) is 19.7 Å². The van der Waals surface area contributed by atoms with Gasteiger partial charge in [0.25, 0.3) is 0 Å². The Bertz CT molecular complexity index is 1350. The number of rotatable bonds is 8. The van der Waals surface area contributed by atoms with Crippen LogP contribution in [0.15, 0.2) is 27.6 Å². The zero-order chi connectivity index (χ0) is 30.6. The van der Waals surface area contributed by atoms with E-state index in [1.807, 2.05) is 6.92 Å². The number of nitrogens with zero attached hydrogens (tertiary/aromatic N) is 3. The third-order valence-electron chi connectivity index (χ3n) is 8.19. The Hall–Kier alpha value is -3.16. The minimum absolute atomic E-state index is 0.00761. The molecule has 1 aromatic heterocycles. The molecule has 13 heteroatoms. The summed E-state index contributed by atoms with van der Waals surface area (Å²) in [5.41, 5.74) is 1.34. The van der Waals surface area contributed by atoms with Gasteiger partial charge in [0.15, 0.2) is 5.76 Å². The molecule has 1 aromatic carbocycles. The molecule has 2 heterocycles. The molecule has 3 amide bonds. The molecule has 232 valence electrons. The number of urea groups is 1. The van der Waals surface area contributed by atoms with E-state index in [2.05, 4.69) is 15.8 Å². The van der Waals surface area contributed by atoms with Gasteiger partial charge >= 0.3 is 6.03 Å². The van der Waals surface area contributed by atoms with Gasteiger partial charge < -0.3 is 29.9 Å². The molecule has 4 rings (SSSR count). The van der Waals surface area contributed by atoms with Crippen LogP contribution in [0.1, 0.15) is 63.0 Å². The van der Waals surface area contributed by atoms with Crippen molar-refractivity contribution < 1.29 is 32.4 Å². The van der Waals surface area contributed by atoms with E-state index in [0.717, 1.165) is 25.7 Å². The fourth-order valence-electron chi connectivity index (χ4n) is 5.67. The number of likely N-dealkylation sites (N-methyl/N-ethyl adjacent to an activating group) is 1. The summed E-state index contributed by atoms with van der Waals surface area (Å²) in [6, 6.07) is 4.52. The average Bonchev–Trinajstić information content (AvgIpc) is 3.31. The zero-order valence-electron chi connectivity index (χ0n) is 25.1. The number of anilines is 1. The van der Waals surface area contributed by atoms with E-state index < -0.39 is 22.2 Å². The van der Waals surface area contributed by atoms with Crippen molar-refractivity contribution in [3.05, 3.63) is 35.2 Å². The molecule has 1 saturated carbocycles. The highest BCUT2D eigenvalue weighted by Crippen LogP contribution is 2.30. The predicted molar refractivity (Wildman–Crippen MR) is 157 cm³/mol. The standard InChI is InChI=1S/C29H43N5O7S/c1-18-15-34(19(2)17-35)27(36)14-22-13-24(31-29(37)30-23-9-7-6-8-10-23)11-12-25(22)40-26(18)16-33(5)42(38,39)28-20(3)32-41-21(28)4/h11-13,18-19,23,26,35H,6-10,14-17H2,1-5H3,(H2,30,31,37)/t18-,19-,26+/m0/s1. The number of aryl methyl sites for hydroxylation is 2.